The van der Waals surface area contributed by atoms with Gasteiger partial charge in [-0.3, -0.25) is 9.59 Å². The van der Waals surface area contributed by atoms with Crippen molar-refractivity contribution in [3.8, 4) is 0 Å². The smallest absolute Gasteiger partial charge is 0.246 e. The van der Waals surface area contributed by atoms with Gasteiger partial charge < -0.3 is 14.7 Å². The third kappa shape index (κ3) is 5.53. The summed E-state index contributed by atoms with van der Waals surface area (Å²) in [7, 11) is 0. The molecule has 7 nitrogen and oxygen atoms in total. The van der Waals surface area contributed by atoms with Crippen LogP contribution in [0.25, 0.3) is 0 Å². The Morgan fingerprint density at radius 2 is 1.90 bits per heavy atom. The standard InChI is InChI=1S/C23H23FN4O3/c24-19-9-6-17(7-10-19)14-28-15-18(12-22(28)30)23-26-21(31-27-23)13-25-20(29)11-8-16-4-2-1-3-5-16/h1-7,9-10,18H,8,11-15H2,(H,25,29). The Morgan fingerprint density at radius 3 is 2.68 bits per heavy atom. The number of likely N-dealkylation sites (tertiary alicyclic amines) is 1. The van der Waals surface area contributed by atoms with E-state index in [-0.39, 0.29) is 30.1 Å². The predicted octanol–water partition coefficient (Wildman–Crippen LogP) is 2.97. The third-order valence-corrected chi connectivity index (χ3v) is 5.27. The molecule has 8 heteroatoms. The monoisotopic (exact) mass is 422 g/mol. The zero-order chi connectivity index (χ0) is 21.6. The summed E-state index contributed by atoms with van der Waals surface area (Å²) >= 11 is 0. The maximum absolute atomic E-state index is 13.1. The van der Waals surface area contributed by atoms with Gasteiger partial charge in [0.1, 0.15) is 5.82 Å². The van der Waals surface area contributed by atoms with E-state index in [0.717, 1.165) is 11.1 Å². The van der Waals surface area contributed by atoms with E-state index in [2.05, 4.69) is 15.5 Å². The lowest BCUT2D eigenvalue weighted by molar-refractivity contribution is -0.128. The van der Waals surface area contributed by atoms with E-state index < -0.39 is 0 Å². The molecule has 1 atom stereocenters. The largest absolute Gasteiger partial charge is 0.347 e. The molecule has 4 rings (SSSR count). The first kappa shape index (κ1) is 20.7. The van der Waals surface area contributed by atoms with E-state index in [0.29, 0.717) is 44.1 Å². The number of carbonyl (C=O) groups excluding carboxylic acids is 2. The SMILES string of the molecule is O=C(CCc1ccccc1)NCc1nc(C2CC(=O)N(Cc3ccc(F)cc3)C2)no1. The lowest BCUT2D eigenvalue weighted by Crippen LogP contribution is -2.24. The first-order chi connectivity index (χ1) is 15.1. The van der Waals surface area contributed by atoms with Crippen molar-refractivity contribution in [1.29, 1.82) is 0 Å². The van der Waals surface area contributed by atoms with Crippen molar-refractivity contribution >= 4 is 11.8 Å². The molecule has 3 aromatic rings. The number of hydrogen-bond acceptors (Lipinski definition) is 5. The van der Waals surface area contributed by atoms with Crippen molar-refractivity contribution in [1.82, 2.24) is 20.4 Å². The maximum atomic E-state index is 13.1. The number of halogens is 1. The molecule has 2 amide bonds. The quantitative estimate of drug-likeness (QED) is 0.603. The Labute approximate surface area is 179 Å². The summed E-state index contributed by atoms with van der Waals surface area (Å²) in [4.78, 5) is 30.5. The van der Waals surface area contributed by atoms with Crippen molar-refractivity contribution < 1.29 is 18.5 Å². The van der Waals surface area contributed by atoms with E-state index in [4.69, 9.17) is 4.52 Å². The van der Waals surface area contributed by atoms with E-state index >= 15 is 0 Å². The molecule has 2 heterocycles. The van der Waals surface area contributed by atoms with Crippen LogP contribution in [-0.2, 0) is 29.1 Å². The third-order valence-electron chi connectivity index (χ3n) is 5.27. The Bertz CT molecular complexity index is 1040. The lowest BCUT2D eigenvalue weighted by Gasteiger charge is -2.16. The molecule has 1 aromatic heterocycles. The van der Waals surface area contributed by atoms with Crippen LogP contribution in [0.15, 0.2) is 59.1 Å². The zero-order valence-corrected chi connectivity index (χ0v) is 17.0. The molecule has 0 radical (unpaired) electrons. The van der Waals surface area contributed by atoms with Crippen molar-refractivity contribution in [2.45, 2.75) is 38.3 Å². The van der Waals surface area contributed by atoms with Crippen molar-refractivity contribution in [3.05, 3.63) is 83.3 Å². The topological polar surface area (TPSA) is 88.3 Å². The number of amides is 2. The van der Waals surface area contributed by atoms with Gasteiger partial charge in [0.2, 0.25) is 17.7 Å². The van der Waals surface area contributed by atoms with Crippen LogP contribution in [0.2, 0.25) is 0 Å². The molecular formula is C23H23FN4O3. The Hall–Kier alpha value is -3.55. The Balaban J connectivity index is 1.26. The van der Waals surface area contributed by atoms with Crippen LogP contribution in [-0.4, -0.2) is 33.4 Å². The number of nitrogens with zero attached hydrogens (tertiary/aromatic N) is 3. The fraction of sp³-hybridized carbons (Fsp3) is 0.304. The second-order valence-corrected chi connectivity index (χ2v) is 7.61. The molecule has 0 aliphatic carbocycles. The molecule has 0 bridgehead atoms. The van der Waals surface area contributed by atoms with Gasteiger partial charge in [-0.05, 0) is 29.7 Å². The fourth-order valence-corrected chi connectivity index (χ4v) is 3.58. The summed E-state index contributed by atoms with van der Waals surface area (Å²) in [5.41, 5.74) is 1.97. The van der Waals surface area contributed by atoms with Crippen LogP contribution in [0.1, 0.15) is 41.6 Å². The number of aryl methyl sites for hydroxylation is 1. The molecule has 1 aliphatic rings. The number of rotatable bonds is 8. The summed E-state index contributed by atoms with van der Waals surface area (Å²) in [5.74, 6) is 0.205. The van der Waals surface area contributed by atoms with E-state index in [1.54, 1.807) is 17.0 Å². The average molecular weight is 422 g/mol. The molecule has 31 heavy (non-hydrogen) atoms. The summed E-state index contributed by atoms with van der Waals surface area (Å²) in [5, 5.41) is 6.78. The molecular weight excluding hydrogens is 399 g/mol. The predicted molar refractivity (Wildman–Crippen MR) is 110 cm³/mol. The maximum Gasteiger partial charge on any atom is 0.246 e. The number of benzene rings is 2. The highest BCUT2D eigenvalue weighted by molar-refractivity contribution is 5.79. The van der Waals surface area contributed by atoms with Gasteiger partial charge in [0.25, 0.3) is 0 Å². The molecule has 1 fully saturated rings. The highest BCUT2D eigenvalue weighted by Crippen LogP contribution is 2.27. The molecule has 1 saturated heterocycles. The van der Waals surface area contributed by atoms with E-state index in [1.165, 1.54) is 12.1 Å². The van der Waals surface area contributed by atoms with Crippen molar-refractivity contribution in [2.24, 2.45) is 0 Å². The first-order valence-electron chi connectivity index (χ1n) is 10.2. The Morgan fingerprint density at radius 1 is 1.13 bits per heavy atom. The van der Waals surface area contributed by atoms with E-state index in [9.17, 15) is 14.0 Å². The zero-order valence-electron chi connectivity index (χ0n) is 17.0. The fourth-order valence-electron chi connectivity index (χ4n) is 3.58. The van der Waals surface area contributed by atoms with E-state index in [1.807, 2.05) is 30.3 Å². The summed E-state index contributed by atoms with van der Waals surface area (Å²) in [6, 6.07) is 15.9. The molecule has 1 aliphatic heterocycles. The van der Waals surface area contributed by atoms with Gasteiger partial charge in [0, 0.05) is 31.8 Å². The molecule has 1 unspecified atom stereocenters. The number of aromatic nitrogens is 2. The van der Waals surface area contributed by atoms with Crippen molar-refractivity contribution in [3.63, 3.8) is 0 Å². The number of hydrogen-bond donors (Lipinski definition) is 1. The van der Waals surface area contributed by atoms with Crippen LogP contribution < -0.4 is 5.32 Å². The van der Waals surface area contributed by atoms with Gasteiger partial charge in [-0.15, -0.1) is 0 Å². The summed E-state index contributed by atoms with van der Waals surface area (Å²) in [6.07, 6.45) is 1.33. The summed E-state index contributed by atoms with van der Waals surface area (Å²) < 4.78 is 18.3. The van der Waals surface area contributed by atoms with Crippen LogP contribution >= 0.6 is 0 Å². The molecule has 0 spiro atoms. The molecule has 2 aromatic carbocycles. The molecule has 0 saturated carbocycles. The Kier molecular flexibility index (Phi) is 6.35. The normalized spacial score (nSPS) is 16.0. The minimum absolute atomic E-state index is 0.00473. The van der Waals surface area contributed by atoms with Gasteiger partial charge in [-0.25, -0.2) is 4.39 Å². The highest BCUT2D eigenvalue weighted by atomic mass is 19.1. The number of carbonyl (C=O) groups is 2. The van der Waals surface area contributed by atoms with Crippen LogP contribution in [0.4, 0.5) is 4.39 Å². The minimum atomic E-state index is -0.305. The van der Waals surface area contributed by atoms with Crippen molar-refractivity contribution in [2.75, 3.05) is 6.54 Å². The van der Waals surface area contributed by atoms with Crippen LogP contribution in [0, 0.1) is 5.82 Å². The van der Waals surface area contributed by atoms with Gasteiger partial charge in [-0.1, -0.05) is 47.6 Å². The second kappa shape index (κ2) is 9.51. The second-order valence-electron chi connectivity index (χ2n) is 7.61. The minimum Gasteiger partial charge on any atom is -0.347 e. The average Bonchev–Trinajstić information content (AvgIpc) is 3.40. The number of nitrogens with one attached hydrogen (secondary N) is 1. The molecule has 160 valence electrons. The first-order valence-corrected chi connectivity index (χ1v) is 10.2. The van der Waals surface area contributed by atoms with Gasteiger partial charge >= 0.3 is 0 Å². The van der Waals surface area contributed by atoms with Crippen LogP contribution in [0.3, 0.4) is 0 Å². The molecule has 1 N–H and O–H groups in total. The lowest BCUT2D eigenvalue weighted by atomic mass is 10.1. The van der Waals surface area contributed by atoms with Gasteiger partial charge in [0.05, 0.1) is 6.54 Å². The van der Waals surface area contributed by atoms with Gasteiger partial charge in [0.15, 0.2) is 5.82 Å². The summed E-state index contributed by atoms with van der Waals surface area (Å²) in [6.45, 7) is 1.04. The highest BCUT2D eigenvalue weighted by Gasteiger charge is 2.33. The van der Waals surface area contributed by atoms with Gasteiger partial charge in [-0.2, -0.15) is 4.98 Å². The van der Waals surface area contributed by atoms with Crippen LogP contribution in [0.5, 0.6) is 0 Å².